The second-order valence-corrected chi connectivity index (χ2v) is 11.2. The molecule has 20 heteroatoms. The molecule has 0 spiro atoms. The molecule has 18 N–H and O–H groups in total. The van der Waals surface area contributed by atoms with Crippen LogP contribution in [0.5, 0.6) is 0 Å². The van der Waals surface area contributed by atoms with E-state index in [0.29, 0.717) is 0 Å². The van der Waals surface area contributed by atoms with Crippen LogP contribution in [0.3, 0.4) is 0 Å². The van der Waals surface area contributed by atoms with Crippen molar-refractivity contribution in [3.05, 3.63) is 0 Å². The van der Waals surface area contributed by atoms with Crippen molar-refractivity contribution in [2.24, 2.45) is 28.7 Å². The van der Waals surface area contributed by atoms with Gasteiger partial charge in [-0.15, -0.1) is 0 Å². The van der Waals surface area contributed by atoms with Crippen molar-refractivity contribution < 1.29 is 74.1 Å². The molecule has 19 atom stereocenters. The molecule has 1 saturated carbocycles. The Hall–Kier alpha value is -1.25. The highest BCUT2D eigenvalue weighted by Crippen LogP contribution is 2.34. The third-order valence-electron chi connectivity index (χ3n) is 8.29. The molecule has 4 aliphatic rings. The summed E-state index contributed by atoms with van der Waals surface area (Å²) in [5.41, 5.74) is 29.7. The van der Waals surface area contributed by atoms with Gasteiger partial charge in [-0.2, -0.15) is 0 Å². The zero-order valence-electron chi connectivity index (χ0n) is 22.9. The molecular formula is C23H43N5O15. The van der Waals surface area contributed by atoms with Gasteiger partial charge in [0, 0.05) is 18.6 Å². The maximum Gasteiger partial charge on any atom is 0.335 e. The lowest BCUT2D eigenvalue weighted by Crippen LogP contribution is -2.68. The lowest BCUT2D eigenvalue weighted by atomic mass is 9.84. The summed E-state index contributed by atoms with van der Waals surface area (Å²) in [6.45, 7) is -0.932. The van der Waals surface area contributed by atoms with Crippen molar-refractivity contribution in [1.29, 1.82) is 0 Å². The zero-order valence-corrected chi connectivity index (χ0v) is 22.9. The van der Waals surface area contributed by atoms with Gasteiger partial charge in [0.25, 0.3) is 0 Å². The predicted molar refractivity (Wildman–Crippen MR) is 137 cm³/mol. The molecule has 1 aliphatic carbocycles. The molecular weight excluding hydrogens is 586 g/mol. The Morgan fingerprint density at radius 1 is 0.651 bits per heavy atom. The van der Waals surface area contributed by atoms with E-state index in [9.17, 15) is 45.6 Å². The van der Waals surface area contributed by atoms with E-state index in [0.717, 1.165) is 0 Å². The fraction of sp³-hybridized carbons (Fsp3) is 0.957. The quantitative estimate of drug-likeness (QED) is 0.112. The van der Waals surface area contributed by atoms with E-state index in [2.05, 4.69) is 0 Å². The van der Waals surface area contributed by atoms with Gasteiger partial charge in [-0.3, -0.25) is 0 Å². The highest BCUT2D eigenvalue weighted by atomic mass is 16.8. The first-order valence-corrected chi connectivity index (χ1v) is 13.8. The van der Waals surface area contributed by atoms with Crippen molar-refractivity contribution in [2.45, 2.75) is 123 Å². The Balaban J connectivity index is 1.53. The van der Waals surface area contributed by atoms with Crippen molar-refractivity contribution in [3.8, 4) is 0 Å². The van der Waals surface area contributed by atoms with E-state index in [1.54, 1.807) is 0 Å². The Labute approximate surface area is 245 Å². The van der Waals surface area contributed by atoms with Gasteiger partial charge in [-0.1, -0.05) is 0 Å². The van der Waals surface area contributed by atoms with Crippen LogP contribution < -0.4 is 28.7 Å². The van der Waals surface area contributed by atoms with E-state index in [-0.39, 0.29) is 13.0 Å². The topological polar surface area (TPSA) is 364 Å². The van der Waals surface area contributed by atoms with Crippen LogP contribution in [0.1, 0.15) is 6.42 Å². The number of ether oxygens (including phenoxy) is 6. The first-order chi connectivity index (χ1) is 20.2. The number of carbonyl (C=O) groups is 1. The van der Waals surface area contributed by atoms with Gasteiger partial charge in [-0.05, 0) is 6.42 Å². The van der Waals surface area contributed by atoms with Gasteiger partial charge in [0.1, 0.15) is 61.0 Å². The number of hydrogen-bond donors (Lipinski definition) is 13. The van der Waals surface area contributed by atoms with Gasteiger partial charge < -0.3 is 97.9 Å². The zero-order chi connectivity index (χ0) is 31.9. The van der Waals surface area contributed by atoms with Crippen LogP contribution in [0, 0.1) is 0 Å². The van der Waals surface area contributed by atoms with Crippen molar-refractivity contribution >= 4 is 5.97 Å². The third-order valence-corrected chi connectivity index (χ3v) is 8.29. The number of rotatable bonds is 9. The van der Waals surface area contributed by atoms with Gasteiger partial charge >= 0.3 is 5.97 Å². The van der Waals surface area contributed by atoms with E-state index in [1.807, 2.05) is 0 Å². The normalized spacial score (nSPS) is 52.7. The standard InChI is InChI=1S/C23H43N5O15/c24-2-6-11(31)13(33)8(27)21(38-6)41-18-15(35)23(43-19(18)20(36)37)42-17-10(30)4(25)1-5(26)16(17)40-22-9(28)14(34)12(32)7(3-29)39-22/h4-19,21-23,29-35H,1-3,24-28H2,(H,36,37)/t4-,5+,6+,7-,8-,9-,10+,11-,12-,13-,14-,15-,16-,17-,18+,19+,21-,22-,23-/m1/s1. The van der Waals surface area contributed by atoms with Crippen molar-refractivity contribution in [3.63, 3.8) is 0 Å². The maximum atomic E-state index is 12.0. The summed E-state index contributed by atoms with van der Waals surface area (Å²) in [7, 11) is 0. The van der Waals surface area contributed by atoms with Crippen LogP contribution in [0.15, 0.2) is 0 Å². The summed E-state index contributed by atoms with van der Waals surface area (Å²) in [4.78, 5) is 12.0. The van der Waals surface area contributed by atoms with Crippen LogP contribution in [0.2, 0.25) is 0 Å². The lowest BCUT2D eigenvalue weighted by Gasteiger charge is -2.47. The average molecular weight is 630 g/mol. The van der Waals surface area contributed by atoms with Gasteiger partial charge in [0.05, 0.1) is 24.8 Å². The fourth-order valence-corrected chi connectivity index (χ4v) is 5.67. The molecule has 0 aromatic heterocycles. The van der Waals surface area contributed by atoms with Crippen molar-refractivity contribution in [2.75, 3.05) is 13.2 Å². The van der Waals surface area contributed by atoms with Crippen LogP contribution in [-0.4, -0.2) is 176 Å². The number of carboxylic acid groups (broad SMARTS) is 1. The number of aliphatic carboxylic acids is 1. The minimum absolute atomic E-state index is 0.00716. The fourth-order valence-electron chi connectivity index (χ4n) is 5.67. The van der Waals surface area contributed by atoms with Gasteiger partial charge in [0.2, 0.25) is 0 Å². The third kappa shape index (κ3) is 6.82. The SMILES string of the molecule is NC[C@@H]1O[C@H](O[C@H]2[C@@H](O)[C@H](O[C@@H]3[C@@H](O)[C@H](N)C[C@H](N)[C@H]3O[C@H]3O[C@H](CO)[C@@H](O)[C@H](O)[C@H]3N)O[C@@H]2C(=O)O)[C@H](N)[C@@H](O)[C@@H]1O. The molecule has 4 fully saturated rings. The van der Waals surface area contributed by atoms with E-state index in [1.165, 1.54) is 0 Å². The molecule has 20 nitrogen and oxygen atoms in total. The molecule has 0 unspecified atom stereocenters. The van der Waals surface area contributed by atoms with Crippen LogP contribution in [0.4, 0.5) is 0 Å². The Kier molecular flexibility index (Phi) is 11.3. The average Bonchev–Trinajstić information content (AvgIpc) is 3.28. The molecule has 3 saturated heterocycles. The molecule has 0 aromatic carbocycles. The summed E-state index contributed by atoms with van der Waals surface area (Å²) in [6.07, 6.45) is -23.0. The molecule has 43 heavy (non-hydrogen) atoms. The van der Waals surface area contributed by atoms with E-state index >= 15 is 0 Å². The molecule has 0 bridgehead atoms. The Bertz CT molecular complexity index is 940. The molecule has 0 radical (unpaired) electrons. The minimum atomic E-state index is -1.87. The molecule has 250 valence electrons. The first kappa shape index (κ1) is 34.6. The van der Waals surface area contributed by atoms with E-state index < -0.39 is 129 Å². The van der Waals surface area contributed by atoms with Gasteiger partial charge in [0.15, 0.2) is 25.0 Å². The summed E-state index contributed by atoms with van der Waals surface area (Å²) >= 11 is 0. The second kappa shape index (κ2) is 14.0. The number of aliphatic hydroxyl groups is 7. The smallest absolute Gasteiger partial charge is 0.335 e. The maximum absolute atomic E-state index is 12.0. The molecule has 4 rings (SSSR count). The molecule has 3 heterocycles. The summed E-state index contributed by atoms with van der Waals surface area (Å²) in [5, 5.41) is 82.1. The summed E-state index contributed by atoms with van der Waals surface area (Å²) in [5.74, 6) is -1.58. The molecule has 3 aliphatic heterocycles. The summed E-state index contributed by atoms with van der Waals surface area (Å²) < 4.78 is 33.8. The van der Waals surface area contributed by atoms with Crippen LogP contribution in [0.25, 0.3) is 0 Å². The Morgan fingerprint density at radius 2 is 1.16 bits per heavy atom. The summed E-state index contributed by atoms with van der Waals surface area (Å²) in [6, 6.07) is -4.61. The minimum Gasteiger partial charge on any atom is -0.479 e. The van der Waals surface area contributed by atoms with Gasteiger partial charge in [-0.25, -0.2) is 4.79 Å². The predicted octanol–water partition coefficient (Wildman–Crippen LogP) is -8.77. The first-order valence-electron chi connectivity index (χ1n) is 13.8. The number of carboxylic acids is 1. The monoisotopic (exact) mass is 629 g/mol. The van der Waals surface area contributed by atoms with Crippen molar-refractivity contribution in [1.82, 2.24) is 0 Å². The van der Waals surface area contributed by atoms with Crippen LogP contribution >= 0.6 is 0 Å². The highest BCUT2D eigenvalue weighted by molar-refractivity contribution is 5.73. The number of hydrogen-bond acceptors (Lipinski definition) is 19. The molecule has 0 amide bonds. The number of aliphatic hydroxyl groups excluding tert-OH is 7. The molecule has 0 aromatic rings. The lowest BCUT2D eigenvalue weighted by molar-refractivity contribution is -0.310. The van der Waals surface area contributed by atoms with Crippen LogP contribution in [-0.2, 0) is 33.2 Å². The van der Waals surface area contributed by atoms with E-state index in [4.69, 9.17) is 57.1 Å². The largest absolute Gasteiger partial charge is 0.479 e. The second-order valence-electron chi connectivity index (χ2n) is 11.2. The number of nitrogens with two attached hydrogens (primary N) is 5. The Morgan fingerprint density at radius 3 is 1.70 bits per heavy atom. The highest BCUT2D eigenvalue weighted by Gasteiger charge is 2.56.